The van der Waals surface area contributed by atoms with E-state index in [1.165, 1.54) is 141 Å². The van der Waals surface area contributed by atoms with Crippen molar-refractivity contribution in [3.05, 3.63) is 109 Å². The summed E-state index contributed by atoms with van der Waals surface area (Å²) in [7, 11) is 1.46. The van der Waals surface area contributed by atoms with Gasteiger partial charge >= 0.3 is 19.8 Å². The van der Waals surface area contributed by atoms with E-state index < -0.39 is 26.5 Å². The Labute approximate surface area is 506 Å². The molecule has 0 aromatic rings. The maximum absolute atomic E-state index is 12.9. The van der Waals surface area contributed by atoms with E-state index in [-0.39, 0.29) is 32.0 Å². The number of hydrogen-bond acceptors (Lipinski definition) is 7. The van der Waals surface area contributed by atoms with Crippen molar-refractivity contribution in [3.63, 3.8) is 0 Å². The number of allylic oxidation sites excluding steroid dienone is 18. The van der Waals surface area contributed by atoms with Gasteiger partial charge in [0.2, 0.25) is 0 Å². The van der Waals surface area contributed by atoms with Crippen molar-refractivity contribution in [2.75, 3.05) is 47.5 Å². The number of phosphoric ester groups is 1. The molecular formula is C72H127NO8P+. The van der Waals surface area contributed by atoms with Crippen LogP contribution < -0.4 is 0 Å². The molecule has 0 spiro atoms. The van der Waals surface area contributed by atoms with E-state index in [1.54, 1.807) is 0 Å². The van der Waals surface area contributed by atoms with Gasteiger partial charge in [0, 0.05) is 12.8 Å². The van der Waals surface area contributed by atoms with Crippen molar-refractivity contribution in [1.82, 2.24) is 0 Å². The molecule has 0 aromatic heterocycles. The summed E-state index contributed by atoms with van der Waals surface area (Å²) in [5.74, 6) is -0.812. The van der Waals surface area contributed by atoms with Gasteiger partial charge in [-0.05, 0) is 103 Å². The SMILES string of the molecule is CC/C=C\C/C=C\C/C=C\C/C=C\C/C=C\C/C=C\CCCCCCCCC(=O)OC(COC(=O)CCCCCCCCCCCCCCCCCCCC/C=C\C/C=C\C/C=C\CCCCCCC)COP(=O)(O)OCC[N+](C)(C)C. The third kappa shape index (κ3) is 65.8. The highest BCUT2D eigenvalue weighted by Crippen LogP contribution is 2.43. The molecule has 9 nitrogen and oxygen atoms in total. The lowest BCUT2D eigenvalue weighted by atomic mass is 10.0. The van der Waals surface area contributed by atoms with Crippen LogP contribution >= 0.6 is 7.82 Å². The fourth-order valence-electron chi connectivity index (χ4n) is 9.15. The number of rotatable bonds is 61. The number of carbonyl (C=O) groups is 2. The highest BCUT2D eigenvalue weighted by molar-refractivity contribution is 7.47. The molecule has 0 aliphatic rings. The maximum atomic E-state index is 12.9. The summed E-state index contributed by atoms with van der Waals surface area (Å²) in [6.07, 6.45) is 87.5. The zero-order chi connectivity index (χ0) is 59.8. The number of likely N-dealkylation sites (N-methyl/N-ethyl adjacent to an activating group) is 1. The van der Waals surface area contributed by atoms with E-state index in [9.17, 15) is 19.0 Å². The fraction of sp³-hybridized carbons (Fsp3) is 0.722. The van der Waals surface area contributed by atoms with Crippen LogP contribution in [0.25, 0.3) is 0 Å². The zero-order valence-corrected chi connectivity index (χ0v) is 54.6. The Morgan fingerprint density at radius 1 is 0.390 bits per heavy atom. The molecule has 1 N–H and O–H groups in total. The summed E-state index contributed by atoms with van der Waals surface area (Å²) in [4.78, 5) is 35.8. The highest BCUT2D eigenvalue weighted by Gasteiger charge is 2.27. The molecule has 0 rings (SSSR count). The van der Waals surface area contributed by atoms with Crippen LogP contribution in [-0.4, -0.2) is 74.9 Å². The normalized spacial score (nSPS) is 13.9. The first-order valence-electron chi connectivity index (χ1n) is 33.6. The molecule has 0 amide bonds. The quantitative estimate of drug-likeness (QED) is 0.0211. The van der Waals surface area contributed by atoms with Gasteiger partial charge in [0.25, 0.3) is 0 Å². The highest BCUT2D eigenvalue weighted by atomic mass is 31.2. The second-order valence-electron chi connectivity index (χ2n) is 23.5. The number of hydrogen-bond donors (Lipinski definition) is 1. The largest absolute Gasteiger partial charge is 0.472 e. The van der Waals surface area contributed by atoms with Crippen LogP contribution in [0.5, 0.6) is 0 Å². The number of unbranched alkanes of at least 4 members (excludes halogenated alkanes) is 29. The summed E-state index contributed by atoms with van der Waals surface area (Å²) >= 11 is 0. The molecule has 0 aromatic carbocycles. The molecule has 0 aliphatic carbocycles. The molecule has 0 fully saturated rings. The second kappa shape index (κ2) is 62.2. The Bertz CT molecular complexity index is 1750. The standard InChI is InChI=1S/C72H126NO8P/c1-6-8-10-12-14-16-18-20-22-24-26-28-30-32-33-34-35-36-37-38-39-41-42-44-46-48-50-52-54-56-58-60-62-64-71(74)78-68-70(69-80-82(76,77)79-67-66-73(3,4)5)81-72(75)65-63-61-59-57-55-53-51-49-47-45-43-40-31-29-27-25-23-21-19-17-15-13-11-9-7-2/h9,11,15,17-18,20-21,23-24,26-27,29-30,32,40,43,47,49,70H,6-8,10,12-14,16,19,22,25,28,31,33-39,41-42,44-46,48,50-69H2,1-5H3/p+1/b11-9-,17-15-,20-18-,23-21-,26-24-,29-27-,32-30-,43-40-,49-47-. The smallest absolute Gasteiger partial charge is 0.462 e. The van der Waals surface area contributed by atoms with Gasteiger partial charge in [-0.3, -0.25) is 18.6 Å². The number of carbonyl (C=O) groups excluding carboxylic acids is 2. The first-order valence-corrected chi connectivity index (χ1v) is 35.1. The Hall–Kier alpha value is -3.33. The van der Waals surface area contributed by atoms with Gasteiger partial charge in [0.15, 0.2) is 6.10 Å². The number of nitrogens with zero attached hydrogens (tertiary/aromatic N) is 1. The predicted molar refractivity (Wildman–Crippen MR) is 353 cm³/mol. The number of quaternary nitrogens is 1. The van der Waals surface area contributed by atoms with Crippen LogP contribution in [-0.2, 0) is 32.7 Å². The van der Waals surface area contributed by atoms with Gasteiger partial charge in [-0.2, -0.15) is 0 Å². The van der Waals surface area contributed by atoms with Crippen LogP contribution in [0.2, 0.25) is 0 Å². The van der Waals surface area contributed by atoms with Crippen molar-refractivity contribution >= 4 is 19.8 Å². The van der Waals surface area contributed by atoms with Crippen molar-refractivity contribution in [1.29, 1.82) is 0 Å². The van der Waals surface area contributed by atoms with E-state index in [4.69, 9.17) is 18.5 Å². The summed E-state index contributed by atoms with van der Waals surface area (Å²) in [5, 5.41) is 0. The molecule has 0 aliphatic heterocycles. The Balaban J connectivity index is 4.09. The number of esters is 2. The van der Waals surface area contributed by atoms with Gasteiger partial charge in [-0.1, -0.05) is 277 Å². The first kappa shape index (κ1) is 78.7. The molecule has 2 atom stereocenters. The second-order valence-corrected chi connectivity index (χ2v) is 24.9. The molecular weight excluding hydrogens is 1040 g/mol. The maximum Gasteiger partial charge on any atom is 0.472 e. The van der Waals surface area contributed by atoms with E-state index >= 15 is 0 Å². The van der Waals surface area contributed by atoms with Gasteiger partial charge < -0.3 is 18.9 Å². The summed E-state index contributed by atoms with van der Waals surface area (Å²) in [6.45, 7) is 4.30. The molecule has 0 saturated heterocycles. The van der Waals surface area contributed by atoms with E-state index in [0.29, 0.717) is 17.4 Å². The van der Waals surface area contributed by atoms with Crippen molar-refractivity contribution in [2.24, 2.45) is 0 Å². The topological polar surface area (TPSA) is 108 Å². The Morgan fingerprint density at radius 2 is 0.695 bits per heavy atom. The average Bonchev–Trinajstić information content (AvgIpc) is 3.46. The summed E-state index contributed by atoms with van der Waals surface area (Å²) < 4.78 is 34.7. The van der Waals surface area contributed by atoms with Crippen molar-refractivity contribution in [3.8, 4) is 0 Å². The van der Waals surface area contributed by atoms with E-state index in [2.05, 4.69) is 123 Å². The number of ether oxygens (including phenoxy) is 2. The molecule has 0 radical (unpaired) electrons. The molecule has 2 unspecified atom stereocenters. The van der Waals surface area contributed by atoms with Crippen LogP contribution in [0.4, 0.5) is 0 Å². The van der Waals surface area contributed by atoms with Gasteiger partial charge in [0.05, 0.1) is 27.7 Å². The minimum absolute atomic E-state index is 0.0240. The van der Waals surface area contributed by atoms with Crippen molar-refractivity contribution < 1.29 is 42.1 Å². The molecule has 0 saturated carbocycles. The monoisotopic (exact) mass is 1160 g/mol. The molecule has 472 valence electrons. The van der Waals surface area contributed by atoms with E-state index in [0.717, 1.165) is 109 Å². The fourth-order valence-corrected chi connectivity index (χ4v) is 9.89. The lowest BCUT2D eigenvalue weighted by molar-refractivity contribution is -0.870. The molecule has 82 heavy (non-hydrogen) atoms. The number of phosphoric acid groups is 1. The third-order valence-electron chi connectivity index (χ3n) is 14.3. The first-order chi connectivity index (χ1) is 40.0. The van der Waals surface area contributed by atoms with Crippen LogP contribution in [0.3, 0.4) is 0 Å². The van der Waals surface area contributed by atoms with Crippen molar-refractivity contribution in [2.45, 2.75) is 290 Å². The minimum Gasteiger partial charge on any atom is -0.462 e. The lowest BCUT2D eigenvalue weighted by Gasteiger charge is -2.24. The predicted octanol–water partition coefficient (Wildman–Crippen LogP) is 21.7. The molecule has 0 bridgehead atoms. The Kier molecular flexibility index (Phi) is 59.7. The Morgan fingerprint density at radius 3 is 1.04 bits per heavy atom. The molecule has 0 heterocycles. The summed E-state index contributed by atoms with van der Waals surface area (Å²) in [5.41, 5.74) is 0. The third-order valence-corrected chi connectivity index (χ3v) is 15.3. The average molecular weight is 1170 g/mol. The van der Waals surface area contributed by atoms with Crippen LogP contribution in [0, 0.1) is 0 Å². The van der Waals surface area contributed by atoms with Gasteiger partial charge in [-0.25, -0.2) is 4.57 Å². The zero-order valence-electron chi connectivity index (χ0n) is 53.7. The summed E-state index contributed by atoms with van der Waals surface area (Å²) in [6, 6.07) is 0. The minimum atomic E-state index is -4.40. The van der Waals surface area contributed by atoms with Crippen LogP contribution in [0.1, 0.15) is 284 Å². The lowest BCUT2D eigenvalue weighted by Crippen LogP contribution is -2.37. The van der Waals surface area contributed by atoms with Gasteiger partial charge in [0.1, 0.15) is 19.8 Å². The van der Waals surface area contributed by atoms with E-state index in [1.807, 2.05) is 21.1 Å². The molecule has 10 heteroatoms. The van der Waals surface area contributed by atoms with Gasteiger partial charge in [-0.15, -0.1) is 0 Å². The van der Waals surface area contributed by atoms with Crippen LogP contribution in [0.15, 0.2) is 109 Å².